The van der Waals surface area contributed by atoms with Gasteiger partial charge in [-0.25, -0.2) is 8.78 Å². The summed E-state index contributed by atoms with van der Waals surface area (Å²) in [4.78, 5) is 12.4. The van der Waals surface area contributed by atoms with Crippen LogP contribution in [0.25, 0.3) is 0 Å². The van der Waals surface area contributed by atoms with Crippen LogP contribution >= 0.6 is 27.5 Å². The van der Waals surface area contributed by atoms with Crippen LogP contribution in [-0.2, 0) is 11.3 Å². The maximum absolute atomic E-state index is 13.9. The zero-order valence-electron chi connectivity index (χ0n) is 10.9. The van der Waals surface area contributed by atoms with Crippen molar-refractivity contribution in [2.75, 3.05) is 13.7 Å². The third-order valence-corrected chi connectivity index (χ3v) is 3.49. The van der Waals surface area contributed by atoms with E-state index in [1.54, 1.807) is 0 Å². The molecule has 2 aromatic rings. The number of methoxy groups -OCH3 is 1. The van der Waals surface area contributed by atoms with E-state index in [1.807, 2.05) is 0 Å². The second kappa shape index (κ2) is 6.64. The summed E-state index contributed by atoms with van der Waals surface area (Å²) >= 11 is 8.86. The highest BCUT2D eigenvalue weighted by molar-refractivity contribution is 9.10. The van der Waals surface area contributed by atoms with E-state index in [-0.39, 0.29) is 28.3 Å². The van der Waals surface area contributed by atoms with E-state index < -0.39 is 23.0 Å². The highest BCUT2D eigenvalue weighted by Gasteiger charge is 2.25. The summed E-state index contributed by atoms with van der Waals surface area (Å²) in [5.41, 5.74) is -0.742. The molecule has 0 spiro atoms. The average Bonchev–Trinajstić information content (AvgIpc) is 2.76. The first-order chi connectivity index (χ1) is 9.95. The monoisotopic (exact) mass is 378 g/mol. The molecule has 112 valence electrons. The lowest BCUT2D eigenvalue weighted by Crippen LogP contribution is -2.17. The van der Waals surface area contributed by atoms with Gasteiger partial charge < -0.3 is 4.74 Å². The Bertz CT molecular complexity index is 668. The van der Waals surface area contributed by atoms with E-state index in [2.05, 4.69) is 21.0 Å². The lowest BCUT2D eigenvalue weighted by atomic mass is 10.1. The van der Waals surface area contributed by atoms with Gasteiger partial charge in [0.05, 0.1) is 29.9 Å². The van der Waals surface area contributed by atoms with Crippen LogP contribution in [0.3, 0.4) is 0 Å². The van der Waals surface area contributed by atoms with Crippen molar-refractivity contribution in [2.45, 2.75) is 6.54 Å². The smallest absolute Gasteiger partial charge is 0.218 e. The fourth-order valence-corrected chi connectivity index (χ4v) is 2.44. The first kappa shape index (κ1) is 16.1. The SMILES string of the molecule is COCCn1ncc(Cl)c1C(=O)c1c(F)cc(Br)cc1F. The molecule has 0 N–H and O–H groups in total. The molecule has 0 unspecified atom stereocenters. The standard InChI is InChI=1S/C13H10BrClF2N2O2/c1-21-3-2-19-12(8(15)6-18-19)13(20)11-9(16)4-7(14)5-10(11)17/h4-6H,2-3H2,1H3. The van der Waals surface area contributed by atoms with Crippen molar-refractivity contribution >= 4 is 33.3 Å². The summed E-state index contributed by atoms with van der Waals surface area (Å²) in [5.74, 6) is -2.80. The van der Waals surface area contributed by atoms with E-state index in [1.165, 1.54) is 18.0 Å². The topological polar surface area (TPSA) is 44.1 Å². The van der Waals surface area contributed by atoms with E-state index in [0.717, 1.165) is 12.1 Å². The highest BCUT2D eigenvalue weighted by Crippen LogP contribution is 2.25. The Morgan fingerprint density at radius 1 is 1.43 bits per heavy atom. The molecule has 0 bridgehead atoms. The van der Waals surface area contributed by atoms with Gasteiger partial charge >= 0.3 is 0 Å². The van der Waals surface area contributed by atoms with Crippen LogP contribution in [0.15, 0.2) is 22.8 Å². The van der Waals surface area contributed by atoms with Gasteiger partial charge in [0.25, 0.3) is 0 Å². The summed E-state index contributed by atoms with van der Waals surface area (Å²) in [6, 6.07) is 2.03. The van der Waals surface area contributed by atoms with E-state index >= 15 is 0 Å². The average molecular weight is 380 g/mol. The second-order valence-corrected chi connectivity index (χ2v) is 5.45. The van der Waals surface area contributed by atoms with Crippen LogP contribution in [-0.4, -0.2) is 29.3 Å². The molecule has 0 saturated carbocycles. The number of halogens is 4. The number of carbonyl (C=O) groups excluding carboxylic acids is 1. The molecule has 0 atom stereocenters. The van der Waals surface area contributed by atoms with E-state index in [0.29, 0.717) is 0 Å². The minimum absolute atomic E-state index is 0.0258. The van der Waals surface area contributed by atoms with Crippen molar-refractivity contribution in [3.05, 3.63) is 50.7 Å². The first-order valence-corrected chi connectivity index (χ1v) is 7.02. The van der Waals surface area contributed by atoms with Gasteiger partial charge in [-0.2, -0.15) is 5.10 Å². The molecule has 0 radical (unpaired) electrons. The summed E-state index contributed by atoms with van der Waals surface area (Å²) in [6.45, 7) is 0.521. The number of hydrogen-bond donors (Lipinski definition) is 0. The van der Waals surface area contributed by atoms with Crippen LogP contribution in [0.2, 0.25) is 5.02 Å². The van der Waals surface area contributed by atoms with Gasteiger partial charge in [0.1, 0.15) is 17.3 Å². The number of carbonyl (C=O) groups is 1. The van der Waals surface area contributed by atoms with Gasteiger partial charge in [0.15, 0.2) is 0 Å². The lowest BCUT2D eigenvalue weighted by Gasteiger charge is -2.08. The molecule has 0 aliphatic heterocycles. The minimum Gasteiger partial charge on any atom is -0.383 e. The summed E-state index contributed by atoms with van der Waals surface area (Å²) in [5, 5.41) is 3.93. The van der Waals surface area contributed by atoms with Gasteiger partial charge in [-0.15, -0.1) is 0 Å². The quantitative estimate of drug-likeness (QED) is 0.748. The van der Waals surface area contributed by atoms with Crippen LogP contribution in [0.4, 0.5) is 8.78 Å². The number of benzene rings is 1. The largest absolute Gasteiger partial charge is 0.383 e. The third-order valence-electron chi connectivity index (χ3n) is 2.75. The summed E-state index contributed by atoms with van der Waals surface area (Å²) < 4.78 is 34.1. The fraction of sp³-hybridized carbons (Fsp3) is 0.231. The number of aromatic nitrogens is 2. The van der Waals surface area contributed by atoms with E-state index in [4.69, 9.17) is 16.3 Å². The Hall–Kier alpha value is -1.31. The van der Waals surface area contributed by atoms with Crippen LogP contribution in [0.1, 0.15) is 16.1 Å². The van der Waals surface area contributed by atoms with Crippen molar-refractivity contribution in [2.24, 2.45) is 0 Å². The second-order valence-electron chi connectivity index (χ2n) is 4.13. The molecular formula is C13H10BrClF2N2O2. The summed E-state index contributed by atoms with van der Waals surface area (Å²) in [7, 11) is 1.49. The molecule has 1 aromatic heterocycles. The van der Waals surface area contributed by atoms with Crippen molar-refractivity contribution in [1.29, 1.82) is 0 Å². The molecule has 8 heteroatoms. The number of rotatable bonds is 5. The van der Waals surface area contributed by atoms with Crippen LogP contribution < -0.4 is 0 Å². The number of ketones is 1. The third kappa shape index (κ3) is 3.30. The van der Waals surface area contributed by atoms with Gasteiger partial charge in [0.2, 0.25) is 5.78 Å². The highest BCUT2D eigenvalue weighted by atomic mass is 79.9. The van der Waals surface area contributed by atoms with Crippen molar-refractivity contribution in [3.8, 4) is 0 Å². The maximum Gasteiger partial charge on any atom is 0.218 e. The first-order valence-electron chi connectivity index (χ1n) is 5.85. The molecule has 4 nitrogen and oxygen atoms in total. The molecule has 0 aliphatic rings. The summed E-state index contributed by atoms with van der Waals surface area (Å²) in [6.07, 6.45) is 1.25. The van der Waals surface area contributed by atoms with Crippen molar-refractivity contribution < 1.29 is 18.3 Å². The predicted octanol–water partition coefficient (Wildman–Crippen LogP) is 3.45. The number of hydrogen-bond acceptors (Lipinski definition) is 3. The van der Waals surface area contributed by atoms with Gasteiger partial charge in [-0.05, 0) is 12.1 Å². The predicted molar refractivity (Wildman–Crippen MR) is 76.6 cm³/mol. The van der Waals surface area contributed by atoms with Crippen molar-refractivity contribution in [3.63, 3.8) is 0 Å². The van der Waals surface area contributed by atoms with Crippen LogP contribution in [0.5, 0.6) is 0 Å². The molecule has 2 rings (SSSR count). The van der Waals surface area contributed by atoms with Crippen molar-refractivity contribution in [1.82, 2.24) is 9.78 Å². The molecule has 0 aliphatic carbocycles. The molecule has 0 amide bonds. The Morgan fingerprint density at radius 2 is 2.05 bits per heavy atom. The Labute approximate surface area is 132 Å². The molecule has 21 heavy (non-hydrogen) atoms. The van der Waals surface area contributed by atoms with Crippen LogP contribution in [0, 0.1) is 11.6 Å². The van der Waals surface area contributed by atoms with Gasteiger partial charge in [0, 0.05) is 11.6 Å². The fourth-order valence-electron chi connectivity index (χ4n) is 1.81. The zero-order valence-corrected chi connectivity index (χ0v) is 13.2. The van der Waals surface area contributed by atoms with Gasteiger partial charge in [-0.1, -0.05) is 27.5 Å². The molecule has 0 fully saturated rings. The molecule has 0 saturated heterocycles. The van der Waals surface area contributed by atoms with Gasteiger partial charge in [-0.3, -0.25) is 9.48 Å². The Balaban J connectivity index is 2.48. The number of ether oxygens (including phenoxy) is 1. The molecule has 1 heterocycles. The zero-order chi connectivity index (χ0) is 15.6. The van der Waals surface area contributed by atoms with E-state index in [9.17, 15) is 13.6 Å². The Kier molecular flexibility index (Phi) is 5.08. The normalized spacial score (nSPS) is 10.9. The number of nitrogens with zero attached hydrogens (tertiary/aromatic N) is 2. The maximum atomic E-state index is 13.9. The molecule has 1 aromatic carbocycles. The molecular weight excluding hydrogens is 370 g/mol. The Morgan fingerprint density at radius 3 is 2.62 bits per heavy atom. The minimum atomic E-state index is -0.970. The lowest BCUT2D eigenvalue weighted by molar-refractivity contribution is 0.101.